The van der Waals surface area contributed by atoms with E-state index in [1.807, 2.05) is 26.0 Å². The van der Waals surface area contributed by atoms with E-state index in [4.69, 9.17) is 9.47 Å². The fourth-order valence-corrected chi connectivity index (χ4v) is 6.72. The molecule has 4 rings (SSSR count). The van der Waals surface area contributed by atoms with Gasteiger partial charge in [0, 0.05) is 41.4 Å². The van der Waals surface area contributed by atoms with Crippen LogP contribution in [0.15, 0.2) is 55.0 Å². The molecule has 1 aromatic carbocycles. The predicted molar refractivity (Wildman–Crippen MR) is 141 cm³/mol. The second-order valence-electron chi connectivity index (χ2n) is 9.58. The summed E-state index contributed by atoms with van der Waals surface area (Å²) in [7, 11) is -2.66. The van der Waals surface area contributed by atoms with Gasteiger partial charge in [-0.05, 0) is 62.9 Å². The number of esters is 1. The van der Waals surface area contributed by atoms with Crippen LogP contribution in [0.4, 0.5) is 0 Å². The van der Waals surface area contributed by atoms with Crippen molar-refractivity contribution >= 4 is 27.0 Å². The summed E-state index contributed by atoms with van der Waals surface area (Å²) < 4.78 is 41.9. The molecule has 1 saturated carbocycles. The van der Waals surface area contributed by atoms with Gasteiger partial charge in [0.25, 0.3) is 10.2 Å². The zero-order valence-corrected chi connectivity index (χ0v) is 22.3. The number of ether oxygens (including phenoxy) is 2. The highest BCUT2D eigenvalue weighted by Crippen LogP contribution is 2.28. The smallest absolute Gasteiger partial charge is 0.324 e. The average molecular weight is 527 g/mol. The highest BCUT2D eigenvalue weighted by atomic mass is 32.2. The maximum atomic E-state index is 13.4. The maximum absolute atomic E-state index is 13.4. The van der Waals surface area contributed by atoms with E-state index >= 15 is 0 Å². The summed E-state index contributed by atoms with van der Waals surface area (Å²) in [5.74, 6) is 0.396. The Morgan fingerprint density at radius 3 is 2.49 bits per heavy atom. The zero-order chi connectivity index (χ0) is 26.4. The molecule has 1 fully saturated rings. The molecule has 1 aliphatic rings. The molecule has 1 unspecified atom stereocenters. The summed E-state index contributed by atoms with van der Waals surface area (Å²) in [5.41, 5.74) is 0.759. The molecule has 10 heteroatoms. The van der Waals surface area contributed by atoms with Crippen LogP contribution >= 0.6 is 0 Å². The number of methoxy groups -OCH3 is 1. The molecule has 0 spiro atoms. The van der Waals surface area contributed by atoms with E-state index in [2.05, 4.69) is 14.7 Å². The van der Waals surface area contributed by atoms with Crippen molar-refractivity contribution in [2.24, 2.45) is 0 Å². The van der Waals surface area contributed by atoms with Gasteiger partial charge in [-0.15, -0.1) is 0 Å². The van der Waals surface area contributed by atoms with Crippen molar-refractivity contribution in [3.05, 3.63) is 60.6 Å². The molecular weight excluding hydrogens is 492 g/mol. The molecule has 1 atom stereocenters. The van der Waals surface area contributed by atoms with Crippen LogP contribution in [0.3, 0.4) is 0 Å². The molecule has 0 saturated heterocycles. The van der Waals surface area contributed by atoms with Crippen molar-refractivity contribution in [2.75, 3.05) is 7.11 Å². The molecule has 198 valence electrons. The number of carbonyl (C=O) groups is 1. The first-order chi connectivity index (χ1) is 17.8. The summed E-state index contributed by atoms with van der Waals surface area (Å²) in [6.45, 7) is 3.72. The van der Waals surface area contributed by atoms with E-state index in [0.717, 1.165) is 48.4 Å². The van der Waals surface area contributed by atoms with Crippen LogP contribution in [0.1, 0.15) is 51.5 Å². The molecule has 0 radical (unpaired) electrons. The van der Waals surface area contributed by atoms with Gasteiger partial charge in [0.05, 0.1) is 7.11 Å². The Kier molecular flexibility index (Phi) is 8.73. The van der Waals surface area contributed by atoms with Gasteiger partial charge in [-0.25, -0.2) is 4.98 Å². The van der Waals surface area contributed by atoms with Gasteiger partial charge in [-0.1, -0.05) is 31.4 Å². The highest BCUT2D eigenvalue weighted by molar-refractivity contribution is 7.87. The third-order valence-corrected chi connectivity index (χ3v) is 8.46. The van der Waals surface area contributed by atoms with E-state index in [1.165, 1.54) is 11.4 Å². The molecule has 0 aliphatic heterocycles. The molecule has 2 heterocycles. The lowest BCUT2D eigenvalue weighted by molar-refractivity contribution is -0.142. The monoisotopic (exact) mass is 526 g/mol. The first-order valence-electron chi connectivity index (χ1n) is 12.6. The first-order valence-corrected chi connectivity index (χ1v) is 14.1. The third-order valence-electron chi connectivity index (χ3n) is 6.60. The lowest BCUT2D eigenvalue weighted by atomic mass is 9.95. The molecule has 0 amide bonds. The van der Waals surface area contributed by atoms with Crippen molar-refractivity contribution < 1.29 is 22.7 Å². The lowest BCUT2D eigenvalue weighted by Gasteiger charge is -2.36. The first kappa shape index (κ1) is 27.0. The summed E-state index contributed by atoms with van der Waals surface area (Å²) >= 11 is 0. The number of rotatable bonds is 10. The number of pyridine rings is 2. The van der Waals surface area contributed by atoms with E-state index in [9.17, 15) is 13.2 Å². The van der Waals surface area contributed by atoms with Gasteiger partial charge in [0.15, 0.2) is 0 Å². The largest absolute Gasteiger partial charge is 0.468 e. The minimum atomic E-state index is -3.92. The van der Waals surface area contributed by atoms with E-state index in [-0.39, 0.29) is 18.5 Å². The molecule has 2 aromatic heterocycles. The number of fused-ring (bicyclic) bond motifs is 1. The highest BCUT2D eigenvalue weighted by Gasteiger charge is 2.36. The summed E-state index contributed by atoms with van der Waals surface area (Å²) in [6.07, 6.45) is 10.0. The zero-order valence-electron chi connectivity index (χ0n) is 21.5. The SMILES string of the molecule is COC(=O)C(Cc1ccc(Oc2nccc3cnccc23)cc1)NS(=O)(=O)N(C(C)C)C1CCCCC1. The number of nitrogens with zero attached hydrogens (tertiary/aromatic N) is 3. The second-order valence-corrected chi connectivity index (χ2v) is 11.2. The Morgan fingerprint density at radius 1 is 1.08 bits per heavy atom. The molecule has 1 N–H and O–H groups in total. The van der Waals surface area contributed by atoms with Crippen LogP contribution in [0.2, 0.25) is 0 Å². The second kappa shape index (κ2) is 12.0. The summed E-state index contributed by atoms with van der Waals surface area (Å²) in [5, 5.41) is 1.76. The number of carbonyl (C=O) groups excluding carboxylic acids is 1. The summed E-state index contributed by atoms with van der Waals surface area (Å²) in [6, 6.07) is 9.48. The van der Waals surface area contributed by atoms with Crippen LogP contribution in [-0.2, 0) is 26.2 Å². The molecule has 3 aromatic rings. The van der Waals surface area contributed by atoms with Crippen molar-refractivity contribution in [2.45, 2.75) is 70.5 Å². The van der Waals surface area contributed by atoms with E-state index in [1.54, 1.807) is 42.9 Å². The summed E-state index contributed by atoms with van der Waals surface area (Å²) in [4.78, 5) is 21.0. The molecule has 0 bridgehead atoms. The van der Waals surface area contributed by atoms with Gasteiger partial charge >= 0.3 is 5.97 Å². The number of benzene rings is 1. The minimum Gasteiger partial charge on any atom is -0.468 e. The normalized spacial score (nSPS) is 15.7. The standard InChI is InChI=1S/C27H34N4O5S/c1-19(2)31(22-7-5-4-6-8-22)37(33,34)30-25(27(32)35-3)17-20-9-11-23(12-10-20)36-26-24-14-15-28-18-21(24)13-16-29-26/h9-16,18-19,22,25,30H,4-8,17H2,1-3H3. The van der Waals surface area contributed by atoms with Crippen LogP contribution < -0.4 is 9.46 Å². The Balaban J connectivity index is 1.49. The van der Waals surface area contributed by atoms with Gasteiger partial charge < -0.3 is 9.47 Å². The Bertz CT molecular complexity index is 1300. The van der Waals surface area contributed by atoms with E-state index < -0.39 is 22.2 Å². The Labute approximate surface area is 218 Å². The van der Waals surface area contributed by atoms with Crippen LogP contribution in [0.25, 0.3) is 10.8 Å². The number of hydrogen-bond acceptors (Lipinski definition) is 7. The molecule has 1 aliphatic carbocycles. The topological polar surface area (TPSA) is 111 Å². The van der Waals surface area contributed by atoms with Crippen molar-refractivity contribution in [1.29, 1.82) is 0 Å². The van der Waals surface area contributed by atoms with E-state index in [0.29, 0.717) is 11.6 Å². The quantitative estimate of drug-likeness (QED) is 0.390. The minimum absolute atomic E-state index is 0.0700. The fraction of sp³-hybridized carbons (Fsp3) is 0.444. The molecule has 9 nitrogen and oxygen atoms in total. The Hall–Kier alpha value is -3.08. The van der Waals surface area contributed by atoms with Gasteiger partial charge in [-0.3, -0.25) is 9.78 Å². The van der Waals surface area contributed by atoms with Crippen molar-refractivity contribution in [3.63, 3.8) is 0 Å². The molecular formula is C27H34N4O5S. The average Bonchev–Trinajstić information content (AvgIpc) is 2.89. The van der Waals surface area contributed by atoms with Crippen LogP contribution in [0.5, 0.6) is 11.6 Å². The number of hydrogen-bond donors (Lipinski definition) is 1. The maximum Gasteiger partial charge on any atom is 0.324 e. The fourth-order valence-electron chi connectivity index (χ4n) is 4.90. The molecule has 37 heavy (non-hydrogen) atoms. The number of nitrogens with one attached hydrogen (secondary N) is 1. The van der Waals surface area contributed by atoms with Crippen LogP contribution in [-0.4, -0.2) is 53.9 Å². The van der Waals surface area contributed by atoms with Gasteiger partial charge in [0.2, 0.25) is 5.88 Å². The van der Waals surface area contributed by atoms with Gasteiger partial charge in [-0.2, -0.15) is 17.4 Å². The number of aromatic nitrogens is 2. The lowest BCUT2D eigenvalue weighted by Crippen LogP contribution is -2.55. The predicted octanol–water partition coefficient (Wildman–Crippen LogP) is 4.38. The Morgan fingerprint density at radius 2 is 1.81 bits per heavy atom. The third kappa shape index (κ3) is 6.63. The van der Waals surface area contributed by atoms with Crippen molar-refractivity contribution in [1.82, 2.24) is 19.0 Å². The van der Waals surface area contributed by atoms with Crippen molar-refractivity contribution in [3.8, 4) is 11.6 Å². The van der Waals surface area contributed by atoms with Crippen LogP contribution in [0, 0.1) is 0 Å². The van der Waals surface area contributed by atoms with Gasteiger partial charge in [0.1, 0.15) is 11.8 Å².